The molecule has 0 radical (unpaired) electrons. The van der Waals surface area contributed by atoms with Gasteiger partial charge in [0.2, 0.25) is 0 Å². The third-order valence-electron chi connectivity index (χ3n) is 5.94. The molecular weight excluding hydrogens is 317 g/mol. The van der Waals surface area contributed by atoms with Crippen molar-refractivity contribution in [3.05, 3.63) is 35.4 Å². The molecule has 3 aliphatic rings. The van der Waals surface area contributed by atoms with Gasteiger partial charge in [0.1, 0.15) is 0 Å². The van der Waals surface area contributed by atoms with Gasteiger partial charge in [-0.2, -0.15) is 13.2 Å². The molecule has 0 N–H and O–H groups in total. The highest BCUT2D eigenvalue weighted by atomic mass is 28.4. The summed E-state index contributed by atoms with van der Waals surface area (Å²) in [5.74, 6) is 2.49. The molecule has 1 aromatic carbocycles. The highest BCUT2D eigenvalue weighted by molar-refractivity contribution is 6.69. The molecule has 3 aliphatic carbocycles. The van der Waals surface area contributed by atoms with Crippen LogP contribution in [0.15, 0.2) is 24.3 Å². The molecule has 23 heavy (non-hydrogen) atoms. The van der Waals surface area contributed by atoms with Crippen molar-refractivity contribution in [1.29, 1.82) is 0 Å². The minimum absolute atomic E-state index is 0.293. The molecule has 4 atom stereocenters. The van der Waals surface area contributed by atoms with Gasteiger partial charge in [0.25, 0.3) is 0 Å². The van der Waals surface area contributed by atoms with Crippen LogP contribution in [0.3, 0.4) is 0 Å². The lowest BCUT2D eigenvalue weighted by atomic mass is 9.93. The average Bonchev–Trinajstić information content (AvgIpc) is 2.79. The second-order valence-electron chi connectivity index (χ2n) is 8.47. The predicted octanol–water partition coefficient (Wildman–Crippen LogP) is 5.43. The summed E-state index contributed by atoms with van der Waals surface area (Å²) in [7, 11) is -1.78. The van der Waals surface area contributed by atoms with Crippen LogP contribution in [0.25, 0.3) is 0 Å². The van der Waals surface area contributed by atoms with Crippen molar-refractivity contribution in [3.8, 4) is 0 Å². The van der Waals surface area contributed by atoms with E-state index in [4.69, 9.17) is 4.43 Å². The van der Waals surface area contributed by atoms with Gasteiger partial charge in [-0.15, -0.1) is 0 Å². The summed E-state index contributed by atoms with van der Waals surface area (Å²) >= 11 is 0. The molecule has 4 rings (SSSR count). The Morgan fingerprint density at radius 3 is 1.96 bits per heavy atom. The van der Waals surface area contributed by atoms with E-state index in [0.717, 1.165) is 5.56 Å². The fourth-order valence-electron chi connectivity index (χ4n) is 5.42. The molecule has 4 unspecified atom stereocenters. The molecule has 1 nitrogen and oxygen atoms in total. The standard InChI is InChI=1S/C18H23F3OSi/c1-23(2,3)22-17(15-11-4-5-12(10-11)16(15)17)13-6-8-14(9-7-13)18(19,20)21/h6-9,11-12,15-16H,4-5,10H2,1-3H3. The smallest absolute Gasteiger partial charge is 0.408 e. The Balaban J connectivity index is 1.71. The van der Waals surface area contributed by atoms with E-state index < -0.39 is 20.1 Å². The number of benzene rings is 1. The first-order valence-corrected chi connectivity index (χ1v) is 11.9. The zero-order chi connectivity index (χ0) is 16.6. The van der Waals surface area contributed by atoms with E-state index in [1.54, 1.807) is 12.1 Å². The first-order chi connectivity index (χ1) is 10.6. The molecule has 5 heteroatoms. The van der Waals surface area contributed by atoms with Gasteiger partial charge in [-0.25, -0.2) is 0 Å². The van der Waals surface area contributed by atoms with E-state index in [2.05, 4.69) is 19.6 Å². The van der Waals surface area contributed by atoms with Gasteiger partial charge in [-0.05, 0) is 68.4 Å². The molecule has 0 aromatic heterocycles. The quantitative estimate of drug-likeness (QED) is 0.667. The van der Waals surface area contributed by atoms with Gasteiger partial charge < -0.3 is 4.43 Å². The zero-order valence-electron chi connectivity index (χ0n) is 13.8. The lowest BCUT2D eigenvalue weighted by Gasteiger charge is -2.32. The van der Waals surface area contributed by atoms with E-state index in [9.17, 15) is 13.2 Å². The van der Waals surface area contributed by atoms with Crippen LogP contribution in [0.1, 0.15) is 30.4 Å². The SMILES string of the molecule is C[Si](C)(C)OC1(c2ccc(C(F)(F)F)cc2)C2C3CCC(C3)C21. The lowest BCUT2D eigenvalue weighted by molar-refractivity contribution is -0.137. The van der Waals surface area contributed by atoms with Crippen LogP contribution >= 0.6 is 0 Å². The van der Waals surface area contributed by atoms with E-state index in [0.29, 0.717) is 23.7 Å². The van der Waals surface area contributed by atoms with Gasteiger partial charge >= 0.3 is 6.18 Å². The monoisotopic (exact) mass is 340 g/mol. The Labute approximate surface area is 136 Å². The molecule has 3 fully saturated rings. The Bertz CT molecular complexity index is 601. The highest BCUT2D eigenvalue weighted by Crippen LogP contribution is 2.77. The first-order valence-electron chi connectivity index (χ1n) is 8.51. The molecule has 0 saturated heterocycles. The van der Waals surface area contributed by atoms with Crippen LogP contribution < -0.4 is 0 Å². The van der Waals surface area contributed by atoms with Crippen molar-refractivity contribution < 1.29 is 17.6 Å². The number of hydrogen-bond acceptors (Lipinski definition) is 1. The number of hydrogen-bond donors (Lipinski definition) is 0. The predicted molar refractivity (Wildman–Crippen MR) is 85.4 cm³/mol. The molecule has 0 spiro atoms. The van der Waals surface area contributed by atoms with Crippen LogP contribution in [0.4, 0.5) is 13.2 Å². The second kappa shape index (κ2) is 4.63. The summed E-state index contributed by atoms with van der Waals surface area (Å²) in [5.41, 5.74) is 0.108. The molecule has 2 bridgehead atoms. The molecule has 1 aromatic rings. The zero-order valence-corrected chi connectivity index (χ0v) is 14.8. The normalized spacial score (nSPS) is 38.7. The number of fused-ring (bicyclic) bond motifs is 5. The molecule has 126 valence electrons. The van der Waals surface area contributed by atoms with E-state index >= 15 is 0 Å². The number of alkyl halides is 3. The number of halogens is 3. The Morgan fingerprint density at radius 1 is 1.00 bits per heavy atom. The summed E-state index contributed by atoms with van der Waals surface area (Å²) < 4.78 is 45.2. The fourth-order valence-corrected chi connectivity index (χ4v) is 6.82. The third-order valence-corrected chi connectivity index (χ3v) is 6.89. The first kappa shape index (κ1) is 15.7. The Morgan fingerprint density at radius 2 is 1.52 bits per heavy atom. The average molecular weight is 340 g/mol. The van der Waals surface area contributed by atoms with Crippen LogP contribution in [-0.2, 0) is 16.2 Å². The lowest BCUT2D eigenvalue weighted by Crippen LogP contribution is -2.36. The van der Waals surface area contributed by atoms with Gasteiger partial charge in [0.05, 0.1) is 11.2 Å². The van der Waals surface area contributed by atoms with Gasteiger partial charge in [-0.1, -0.05) is 12.1 Å². The molecule has 0 aliphatic heterocycles. The summed E-state index contributed by atoms with van der Waals surface area (Å²) in [6.45, 7) is 6.53. The van der Waals surface area contributed by atoms with Crippen molar-refractivity contribution in [2.45, 2.75) is 50.7 Å². The van der Waals surface area contributed by atoms with Crippen LogP contribution in [0.5, 0.6) is 0 Å². The van der Waals surface area contributed by atoms with Crippen LogP contribution in [0, 0.1) is 23.7 Å². The van der Waals surface area contributed by atoms with Crippen LogP contribution in [-0.4, -0.2) is 8.32 Å². The summed E-state index contributed by atoms with van der Waals surface area (Å²) in [6.07, 6.45) is -0.441. The van der Waals surface area contributed by atoms with Crippen LogP contribution in [0.2, 0.25) is 19.6 Å². The minimum Gasteiger partial charge on any atom is -0.408 e. The molecule has 0 heterocycles. The maximum absolute atomic E-state index is 12.8. The highest BCUT2D eigenvalue weighted by Gasteiger charge is 2.76. The molecule has 3 saturated carbocycles. The molecular formula is C18H23F3OSi. The topological polar surface area (TPSA) is 9.23 Å². The van der Waals surface area contributed by atoms with Gasteiger partial charge in [0.15, 0.2) is 8.32 Å². The van der Waals surface area contributed by atoms with E-state index in [1.807, 2.05) is 0 Å². The summed E-state index contributed by atoms with van der Waals surface area (Å²) in [5, 5.41) is 0. The Hall–Kier alpha value is -0.813. The van der Waals surface area contributed by atoms with Crippen molar-refractivity contribution in [2.24, 2.45) is 23.7 Å². The summed E-state index contributed by atoms with van der Waals surface area (Å²) in [4.78, 5) is 0. The van der Waals surface area contributed by atoms with Crippen molar-refractivity contribution in [3.63, 3.8) is 0 Å². The fraction of sp³-hybridized carbons (Fsp3) is 0.667. The van der Waals surface area contributed by atoms with Crippen molar-refractivity contribution in [1.82, 2.24) is 0 Å². The summed E-state index contributed by atoms with van der Waals surface area (Å²) in [6, 6.07) is 5.78. The van der Waals surface area contributed by atoms with Gasteiger partial charge in [-0.3, -0.25) is 0 Å². The van der Waals surface area contributed by atoms with E-state index in [-0.39, 0.29) is 5.60 Å². The third kappa shape index (κ3) is 2.30. The second-order valence-corrected chi connectivity index (χ2v) is 12.9. The number of rotatable bonds is 3. The van der Waals surface area contributed by atoms with Crippen molar-refractivity contribution in [2.75, 3.05) is 0 Å². The largest absolute Gasteiger partial charge is 0.416 e. The maximum Gasteiger partial charge on any atom is 0.416 e. The maximum atomic E-state index is 12.8. The Kier molecular flexibility index (Phi) is 3.16. The molecule has 0 amide bonds. The minimum atomic E-state index is -4.27. The van der Waals surface area contributed by atoms with Crippen molar-refractivity contribution >= 4 is 8.32 Å². The van der Waals surface area contributed by atoms with Gasteiger partial charge in [0, 0.05) is 11.8 Å². The van der Waals surface area contributed by atoms with E-state index in [1.165, 1.54) is 31.4 Å².